The Morgan fingerprint density at radius 3 is 2.79 bits per heavy atom. The maximum atomic E-state index is 13.1. The molecule has 0 radical (unpaired) electrons. The predicted octanol–water partition coefficient (Wildman–Crippen LogP) is 3.59. The molecule has 0 aliphatic carbocycles. The number of amides is 1. The molecule has 0 fully saturated rings. The van der Waals surface area contributed by atoms with Crippen molar-refractivity contribution >= 4 is 39.4 Å². The van der Waals surface area contributed by atoms with Crippen molar-refractivity contribution in [3.05, 3.63) is 51.0 Å². The minimum atomic E-state index is -0.520. The molecule has 1 N–H and O–H groups in total. The Kier molecular flexibility index (Phi) is 4.11. The van der Waals surface area contributed by atoms with E-state index in [1.807, 2.05) is 0 Å². The summed E-state index contributed by atoms with van der Waals surface area (Å²) >= 11 is 8.94. The first-order valence-electron chi connectivity index (χ1n) is 5.23. The lowest BCUT2D eigenvalue weighted by Crippen LogP contribution is -2.15. The molecule has 19 heavy (non-hydrogen) atoms. The predicted molar refractivity (Wildman–Crippen MR) is 73.8 cm³/mol. The van der Waals surface area contributed by atoms with Crippen molar-refractivity contribution < 1.29 is 9.18 Å². The maximum Gasteiger partial charge on any atom is 0.259 e. The summed E-state index contributed by atoms with van der Waals surface area (Å²) in [5, 5.41) is 2.69. The third kappa shape index (κ3) is 3.48. The van der Waals surface area contributed by atoms with E-state index in [0.717, 1.165) is 6.07 Å². The first kappa shape index (κ1) is 13.9. The largest absolute Gasteiger partial charge is 0.290 e. The summed E-state index contributed by atoms with van der Waals surface area (Å²) in [4.78, 5) is 19.9. The van der Waals surface area contributed by atoms with E-state index in [4.69, 9.17) is 11.6 Å². The molecule has 7 heteroatoms. The summed E-state index contributed by atoms with van der Waals surface area (Å²) in [5.41, 5.74) is 0.773. The number of nitrogens with one attached hydrogen (secondary N) is 1. The molecule has 0 bridgehead atoms. The normalized spacial score (nSPS) is 10.3. The van der Waals surface area contributed by atoms with Gasteiger partial charge in [0, 0.05) is 10.2 Å². The number of aromatic nitrogens is 2. The first-order valence-corrected chi connectivity index (χ1v) is 6.40. The zero-order chi connectivity index (χ0) is 14.0. The van der Waals surface area contributed by atoms with Crippen LogP contribution in [0, 0.1) is 12.7 Å². The van der Waals surface area contributed by atoms with E-state index >= 15 is 0 Å². The maximum absolute atomic E-state index is 13.1. The summed E-state index contributed by atoms with van der Waals surface area (Å²) < 4.78 is 13.6. The van der Waals surface area contributed by atoms with Crippen molar-refractivity contribution in [2.45, 2.75) is 6.92 Å². The summed E-state index contributed by atoms with van der Waals surface area (Å²) in [5.74, 6) is -0.948. The summed E-state index contributed by atoms with van der Waals surface area (Å²) in [6.45, 7) is 1.72. The molecule has 0 saturated carbocycles. The monoisotopic (exact) mass is 343 g/mol. The number of halogens is 3. The van der Waals surface area contributed by atoms with Gasteiger partial charge in [0.15, 0.2) is 0 Å². The van der Waals surface area contributed by atoms with E-state index in [0.29, 0.717) is 10.2 Å². The van der Waals surface area contributed by atoms with Crippen molar-refractivity contribution in [3.63, 3.8) is 0 Å². The van der Waals surface area contributed by atoms with Crippen LogP contribution in [0.15, 0.2) is 28.7 Å². The zero-order valence-electron chi connectivity index (χ0n) is 9.75. The number of carbonyl (C=O) groups excluding carboxylic acids is 1. The Hall–Kier alpha value is -1.53. The highest BCUT2D eigenvalue weighted by Crippen LogP contribution is 2.19. The van der Waals surface area contributed by atoms with Crippen LogP contribution in [0.5, 0.6) is 0 Å². The minimum absolute atomic E-state index is 0.0751. The van der Waals surface area contributed by atoms with Crippen LogP contribution in [-0.4, -0.2) is 15.9 Å². The highest BCUT2D eigenvalue weighted by Gasteiger charge is 2.13. The average Bonchev–Trinajstić information content (AvgIpc) is 2.30. The second-order valence-electron chi connectivity index (χ2n) is 3.73. The lowest BCUT2D eigenvalue weighted by Gasteiger charge is -2.06. The van der Waals surface area contributed by atoms with Gasteiger partial charge < -0.3 is 0 Å². The van der Waals surface area contributed by atoms with Crippen molar-refractivity contribution in [2.75, 3.05) is 5.32 Å². The van der Waals surface area contributed by atoms with Crippen LogP contribution in [0.2, 0.25) is 5.15 Å². The van der Waals surface area contributed by atoms with Crippen LogP contribution in [-0.2, 0) is 0 Å². The number of nitrogens with zero attached hydrogens (tertiary/aromatic N) is 2. The minimum Gasteiger partial charge on any atom is -0.290 e. The fourth-order valence-corrected chi connectivity index (χ4v) is 2.09. The third-order valence-corrected chi connectivity index (χ3v) is 3.11. The second kappa shape index (κ2) is 5.63. The van der Waals surface area contributed by atoms with Gasteiger partial charge in [-0.2, -0.15) is 0 Å². The second-order valence-corrected chi connectivity index (χ2v) is 4.98. The SMILES string of the molecule is Cc1cc(Cl)nc(NC(=O)c2cc(F)ccc2Br)n1. The number of hydrogen-bond donors (Lipinski definition) is 1. The number of anilines is 1. The van der Waals surface area contributed by atoms with Gasteiger partial charge in [0.25, 0.3) is 5.91 Å². The molecule has 0 atom stereocenters. The molecule has 0 aliphatic heterocycles. The van der Waals surface area contributed by atoms with Crippen LogP contribution in [0.1, 0.15) is 16.1 Å². The van der Waals surface area contributed by atoms with Crippen LogP contribution >= 0.6 is 27.5 Å². The van der Waals surface area contributed by atoms with E-state index in [1.54, 1.807) is 13.0 Å². The summed E-state index contributed by atoms with van der Waals surface area (Å²) in [7, 11) is 0. The number of carbonyl (C=O) groups is 1. The molecule has 2 aromatic rings. The zero-order valence-corrected chi connectivity index (χ0v) is 12.1. The van der Waals surface area contributed by atoms with E-state index in [1.165, 1.54) is 12.1 Å². The molecule has 0 aliphatic rings. The van der Waals surface area contributed by atoms with Gasteiger partial charge in [-0.15, -0.1) is 0 Å². The van der Waals surface area contributed by atoms with Gasteiger partial charge in [-0.1, -0.05) is 11.6 Å². The molecule has 1 aromatic heterocycles. The number of benzene rings is 1. The molecule has 1 amide bonds. The van der Waals surface area contributed by atoms with Crippen LogP contribution in [0.3, 0.4) is 0 Å². The summed E-state index contributed by atoms with van der Waals surface area (Å²) in [6.07, 6.45) is 0. The highest BCUT2D eigenvalue weighted by atomic mass is 79.9. The van der Waals surface area contributed by atoms with E-state index in [2.05, 4.69) is 31.2 Å². The topological polar surface area (TPSA) is 54.9 Å². The van der Waals surface area contributed by atoms with E-state index in [-0.39, 0.29) is 16.7 Å². The molecule has 98 valence electrons. The van der Waals surface area contributed by atoms with Crippen molar-refractivity contribution in [1.82, 2.24) is 9.97 Å². The van der Waals surface area contributed by atoms with Gasteiger partial charge in [0.2, 0.25) is 5.95 Å². The first-order chi connectivity index (χ1) is 8.95. The molecule has 0 unspecified atom stereocenters. The third-order valence-electron chi connectivity index (χ3n) is 2.22. The fraction of sp³-hybridized carbons (Fsp3) is 0.0833. The highest BCUT2D eigenvalue weighted by molar-refractivity contribution is 9.10. The molecule has 2 rings (SSSR count). The number of aryl methyl sites for hydroxylation is 1. The molecule has 1 heterocycles. The lowest BCUT2D eigenvalue weighted by atomic mass is 10.2. The van der Waals surface area contributed by atoms with Crippen molar-refractivity contribution in [3.8, 4) is 0 Å². The van der Waals surface area contributed by atoms with Gasteiger partial charge in [-0.05, 0) is 47.1 Å². The van der Waals surface area contributed by atoms with Crippen LogP contribution in [0.4, 0.5) is 10.3 Å². The quantitative estimate of drug-likeness (QED) is 0.847. The standard InChI is InChI=1S/C12H8BrClFN3O/c1-6-4-10(14)17-12(16-6)18-11(19)8-5-7(15)2-3-9(8)13/h2-5H,1H3,(H,16,17,18,19). The smallest absolute Gasteiger partial charge is 0.259 e. The number of rotatable bonds is 2. The Morgan fingerprint density at radius 2 is 2.11 bits per heavy atom. The lowest BCUT2D eigenvalue weighted by molar-refractivity contribution is 0.102. The molecular formula is C12H8BrClFN3O. The Morgan fingerprint density at radius 1 is 1.37 bits per heavy atom. The molecule has 1 aromatic carbocycles. The van der Waals surface area contributed by atoms with Gasteiger partial charge in [0.1, 0.15) is 11.0 Å². The molecule has 4 nitrogen and oxygen atoms in total. The van der Waals surface area contributed by atoms with Crippen molar-refractivity contribution in [2.24, 2.45) is 0 Å². The van der Waals surface area contributed by atoms with Crippen molar-refractivity contribution in [1.29, 1.82) is 0 Å². The molecular weight excluding hydrogens is 337 g/mol. The number of hydrogen-bond acceptors (Lipinski definition) is 3. The Balaban J connectivity index is 2.28. The van der Waals surface area contributed by atoms with Gasteiger partial charge in [0.05, 0.1) is 5.56 Å². The average molecular weight is 345 g/mol. The fourth-order valence-electron chi connectivity index (χ4n) is 1.43. The van der Waals surface area contributed by atoms with E-state index < -0.39 is 11.7 Å². The van der Waals surface area contributed by atoms with Gasteiger partial charge >= 0.3 is 0 Å². The van der Waals surface area contributed by atoms with Gasteiger partial charge in [-0.3, -0.25) is 10.1 Å². The van der Waals surface area contributed by atoms with E-state index in [9.17, 15) is 9.18 Å². The molecule has 0 saturated heterocycles. The van der Waals surface area contributed by atoms with Crippen LogP contribution < -0.4 is 5.32 Å². The van der Waals surface area contributed by atoms with Gasteiger partial charge in [-0.25, -0.2) is 14.4 Å². The Bertz CT molecular complexity index is 631. The molecule has 0 spiro atoms. The summed E-state index contributed by atoms with van der Waals surface area (Å²) in [6, 6.07) is 5.39. The Labute approximate surface area is 122 Å². The van der Waals surface area contributed by atoms with Crippen LogP contribution in [0.25, 0.3) is 0 Å².